The Balaban J connectivity index is 2.07. The molecule has 0 aliphatic carbocycles. The van der Waals surface area contributed by atoms with E-state index in [1.807, 2.05) is 12.1 Å². The molecule has 0 unspecified atom stereocenters. The average Bonchev–Trinajstić information content (AvgIpc) is 2.70. The SMILES string of the molecule is [CH3][Sn]([CH3])[c]1ccc(C(=O)ON2C(=O)CCC2=O)cc1. The molecule has 1 saturated heterocycles. The number of imide groups is 1. The fourth-order valence-electron chi connectivity index (χ4n) is 1.73. The summed E-state index contributed by atoms with van der Waals surface area (Å²) in [6.45, 7) is 0. The van der Waals surface area contributed by atoms with Gasteiger partial charge in [-0.05, 0) is 0 Å². The number of carbonyl (C=O) groups is 3. The number of hydrogen-bond acceptors (Lipinski definition) is 4. The van der Waals surface area contributed by atoms with Crippen molar-refractivity contribution >= 4 is 41.1 Å². The Morgan fingerprint density at radius 2 is 1.63 bits per heavy atom. The number of amides is 2. The number of nitrogens with zero attached hydrogens (tertiary/aromatic N) is 1. The summed E-state index contributed by atoms with van der Waals surface area (Å²) in [5.41, 5.74) is 0.348. The van der Waals surface area contributed by atoms with Crippen LogP contribution in [0.2, 0.25) is 9.88 Å². The second-order valence-electron chi connectivity index (χ2n) is 4.54. The van der Waals surface area contributed by atoms with E-state index in [9.17, 15) is 14.4 Å². The van der Waals surface area contributed by atoms with Crippen LogP contribution < -0.4 is 3.58 Å². The van der Waals surface area contributed by atoms with Gasteiger partial charge in [-0.2, -0.15) is 0 Å². The van der Waals surface area contributed by atoms with Crippen molar-refractivity contribution in [2.75, 3.05) is 0 Å². The van der Waals surface area contributed by atoms with Gasteiger partial charge in [-0.15, -0.1) is 0 Å². The molecule has 99 valence electrons. The van der Waals surface area contributed by atoms with Gasteiger partial charge in [0.1, 0.15) is 0 Å². The summed E-state index contributed by atoms with van der Waals surface area (Å²) < 4.78 is 1.30. The molecule has 1 radical (unpaired) electrons. The topological polar surface area (TPSA) is 63.7 Å². The molecule has 0 bridgehead atoms. The maximum absolute atomic E-state index is 11.8. The van der Waals surface area contributed by atoms with Crippen LogP contribution in [0.15, 0.2) is 24.3 Å². The molecule has 0 atom stereocenters. The van der Waals surface area contributed by atoms with Crippen molar-refractivity contribution in [3.8, 4) is 0 Å². The molecule has 0 N–H and O–H groups in total. The van der Waals surface area contributed by atoms with E-state index in [0.29, 0.717) is 10.6 Å². The molecule has 2 amide bonds. The third kappa shape index (κ3) is 3.15. The fourth-order valence-corrected chi connectivity index (χ4v) is 4.11. The molecule has 1 heterocycles. The van der Waals surface area contributed by atoms with Crippen molar-refractivity contribution < 1.29 is 19.2 Å². The minimum absolute atomic E-state index is 0.104. The number of benzene rings is 1. The zero-order valence-corrected chi connectivity index (χ0v) is 13.7. The summed E-state index contributed by atoms with van der Waals surface area (Å²) in [4.78, 5) is 43.8. The summed E-state index contributed by atoms with van der Waals surface area (Å²) >= 11 is -1.43. The Morgan fingerprint density at radius 1 is 1.11 bits per heavy atom. The Hall–Kier alpha value is -1.37. The third-order valence-corrected chi connectivity index (χ3v) is 7.12. The van der Waals surface area contributed by atoms with Crippen LogP contribution in [0.5, 0.6) is 0 Å². The van der Waals surface area contributed by atoms with Crippen LogP contribution in [0.25, 0.3) is 0 Å². The van der Waals surface area contributed by atoms with Gasteiger partial charge in [-0.25, -0.2) is 0 Å². The normalized spacial score (nSPS) is 15.2. The second kappa shape index (κ2) is 5.73. The first kappa shape index (κ1) is 14.0. The summed E-state index contributed by atoms with van der Waals surface area (Å²) in [6, 6.07) is 7.19. The summed E-state index contributed by atoms with van der Waals surface area (Å²) in [6.07, 6.45) is 0.207. The monoisotopic (exact) mass is 368 g/mol. The van der Waals surface area contributed by atoms with Gasteiger partial charge in [0, 0.05) is 0 Å². The molecule has 6 heteroatoms. The molecule has 0 spiro atoms. The van der Waals surface area contributed by atoms with Gasteiger partial charge in [0.05, 0.1) is 0 Å². The van der Waals surface area contributed by atoms with E-state index in [1.165, 1.54) is 3.58 Å². The first-order valence-corrected chi connectivity index (χ1v) is 13.1. The van der Waals surface area contributed by atoms with Gasteiger partial charge >= 0.3 is 118 Å². The zero-order valence-electron chi connectivity index (χ0n) is 10.8. The standard InChI is InChI=1S/C11H8NO4.2CH3.Sn/c13-9-6-7-10(14)12(9)16-11(15)8-4-2-1-3-5-8;;;/h2-5H,6-7H2;2*1H3;. The first-order valence-electron chi connectivity index (χ1n) is 5.97. The predicted octanol–water partition coefficient (Wildman–Crippen LogP) is 0.869. The molecule has 0 aromatic heterocycles. The predicted molar refractivity (Wildman–Crippen MR) is 70.1 cm³/mol. The van der Waals surface area contributed by atoms with Crippen molar-refractivity contribution in [1.29, 1.82) is 0 Å². The molecule has 19 heavy (non-hydrogen) atoms. The van der Waals surface area contributed by atoms with E-state index in [2.05, 4.69) is 9.88 Å². The Labute approximate surface area is 118 Å². The average molecular weight is 367 g/mol. The van der Waals surface area contributed by atoms with Gasteiger partial charge in [0.25, 0.3) is 0 Å². The maximum atomic E-state index is 11.8. The summed E-state index contributed by atoms with van der Waals surface area (Å²) in [7, 11) is 0. The van der Waals surface area contributed by atoms with Crippen LogP contribution in [0.3, 0.4) is 0 Å². The van der Waals surface area contributed by atoms with Crippen molar-refractivity contribution in [3.05, 3.63) is 29.8 Å². The number of carbonyl (C=O) groups excluding carboxylic acids is 3. The summed E-state index contributed by atoms with van der Waals surface area (Å²) in [5.74, 6) is -1.60. The molecule has 5 nitrogen and oxygen atoms in total. The Morgan fingerprint density at radius 3 is 2.11 bits per heavy atom. The first-order chi connectivity index (χ1) is 8.99. The molecule has 1 aliphatic rings. The minimum atomic E-state index is -1.43. The van der Waals surface area contributed by atoms with Crippen molar-refractivity contribution in [2.24, 2.45) is 0 Å². The van der Waals surface area contributed by atoms with Crippen LogP contribution in [0.1, 0.15) is 23.2 Å². The van der Waals surface area contributed by atoms with E-state index >= 15 is 0 Å². The number of rotatable bonds is 3. The van der Waals surface area contributed by atoms with Gasteiger partial charge < -0.3 is 0 Å². The molecular formula is C13H14NO4Sn. The molecule has 0 saturated carbocycles. The van der Waals surface area contributed by atoms with Gasteiger partial charge in [0.2, 0.25) is 0 Å². The van der Waals surface area contributed by atoms with E-state index < -0.39 is 37.5 Å². The molecular weight excluding hydrogens is 353 g/mol. The van der Waals surface area contributed by atoms with Crippen molar-refractivity contribution in [3.63, 3.8) is 0 Å². The van der Waals surface area contributed by atoms with Gasteiger partial charge in [-0.3, -0.25) is 0 Å². The molecule has 2 rings (SSSR count). The van der Waals surface area contributed by atoms with Crippen LogP contribution in [-0.2, 0) is 14.4 Å². The van der Waals surface area contributed by atoms with E-state index in [1.54, 1.807) is 12.1 Å². The second-order valence-corrected chi connectivity index (χ2v) is 11.9. The van der Waals surface area contributed by atoms with E-state index in [4.69, 9.17) is 4.84 Å². The van der Waals surface area contributed by atoms with Gasteiger partial charge in [0.15, 0.2) is 0 Å². The Bertz CT molecular complexity index is 508. The third-order valence-electron chi connectivity index (χ3n) is 2.88. The molecule has 1 aromatic rings. The van der Waals surface area contributed by atoms with Gasteiger partial charge in [-0.1, -0.05) is 0 Å². The van der Waals surface area contributed by atoms with Crippen molar-refractivity contribution in [2.45, 2.75) is 22.7 Å². The van der Waals surface area contributed by atoms with E-state index in [0.717, 1.165) is 0 Å². The Kier molecular flexibility index (Phi) is 4.23. The van der Waals surface area contributed by atoms with E-state index in [-0.39, 0.29) is 12.8 Å². The fraction of sp³-hybridized carbons (Fsp3) is 0.308. The van der Waals surface area contributed by atoms with Crippen LogP contribution in [-0.4, -0.2) is 42.6 Å². The molecule has 1 aliphatic heterocycles. The molecule has 1 fully saturated rings. The van der Waals surface area contributed by atoms with Crippen LogP contribution >= 0.6 is 0 Å². The number of hydrogen-bond donors (Lipinski definition) is 0. The van der Waals surface area contributed by atoms with Crippen LogP contribution in [0.4, 0.5) is 0 Å². The quantitative estimate of drug-likeness (QED) is 0.588. The summed E-state index contributed by atoms with van der Waals surface area (Å²) in [5, 5.41) is 0.567. The van der Waals surface area contributed by atoms with Crippen molar-refractivity contribution in [1.82, 2.24) is 5.06 Å². The zero-order chi connectivity index (χ0) is 14.0. The van der Waals surface area contributed by atoms with Crippen LogP contribution in [0, 0.1) is 0 Å². The molecule has 1 aromatic carbocycles. The number of hydroxylamine groups is 2.